The zero-order chi connectivity index (χ0) is 18.5. The summed E-state index contributed by atoms with van der Waals surface area (Å²) < 4.78 is 46.0. The van der Waals surface area contributed by atoms with Gasteiger partial charge in [-0.3, -0.25) is 0 Å². The van der Waals surface area contributed by atoms with Gasteiger partial charge >= 0.3 is 6.18 Å². The fraction of sp³-hybridized carbons (Fsp3) is 0.278. The van der Waals surface area contributed by atoms with E-state index in [-0.39, 0.29) is 18.2 Å². The summed E-state index contributed by atoms with van der Waals surface area (Å²) in [5, 5.41) is 9.89. The number of benzene rings is 2. The molecule has 0 amide bonds. The summed E-state index contributed by atoms with van der Waals surface area (Å²) in [6.45, 7) is 0.877. The van der Waals surface area contributed by atoms with Crippen LogP contribution in [0.4, 0.5) is 13.2 Å². The topological polar surface area (TPSA) is 47.3 Å². The van der Waals surface area contributed by atoms with Crippen molar-refractivity contribution in [3.05, 3.63) is 53.3 Å². The summed E-state index contributed by atoms with van der Waals surface area (Å²) in [4.78, 5) is 4.29. The van der Waals surface area contributed by atoms with Crippen LogP contribution in [0.3, 0.4) is 0 Å². The number of aromatic nitrogens is 2. The van der Waals surface area contributed by atoms with Crippen molar-refractivity contribution in [2.45, 2.75) is 18.3 Å². The van der Waals surface area contributed by atoms with Crippen LogP contribution in [0.2, 0.25) is 5.02 Å². The van der Waals surface area contributed by atoms with Gasteiger partial charge in [-0.2, -0.15) is 13.2 Å². The molecule has 0 spiro atoms. The number of aliphatic hydroxyl groups is 1. The number of halogens is 4. The summed E-state index contributed by atoms with van der Waals surface area (Å²) in [5.41, 5.74) is 0.455. The number of rotatable bonds is 3. The smallest absolute Gasteiger partial charge is 0.383 e. The maximum atomic E-state index is 13.1. The van der Waals surface area contributed by atoms with Gasteiger partial charge in [0.15, 0.2) is 0 Å². The Morgan fingerprint density at radius 1 is 1.23 bits per heavy atom. The second-order valence-electron chi connectivity index (χ2n) is 6.46. The van der Waals surface area contributed by atoms with Gasteiger partial charge in [-0.25, -0.2) is 4.98 Å². The molecule has 1 aromatic heterocycles. The van der Waals surface area contributed by atoms with Crippen molar-refractivity contribution in [2.75, 3.05) is 13.2 Å². The molecule has 2 heterocycles. The average molecular weight is 383 g/mol. The van der Waals surface area contributed by atoms with Crippen molar-refractivity contribution in [1.29, 1.82) is 0 Å². The maximum absolute atomic E-state index is 13.1. The molecule has 1 N–H and O–H groups in total. The highest BCUT2D eigenvalue weighted by Crippen LogP contribution is 2.40. The van der Waals surface area contributed by atoms with Crippen LogP contribution in [0.5, 0.6) is 0 Å². The van der Waals surface area contributed by atoms with E-state index in [4.69, 9.17) is 16.3 Å². The van der Waals surface area contributed by atoms with Crippen LogP contribution in [0.1, 0.15) is 5.56 Å². The first kappa shape index (κ1) is 17.3. The van der Waals surface area contributed by atoms with Gasteiger partial charge in [-0.1, -0.05) is 29.8 Å². The first-order valence-electron chi connectivity index (χ1n) is 7.88. The van der Waals surface area contributed by atoms with Gasteiger partial charge in [-0.05, 0) is 23.8 Å². The summed E-state index contributed by atoms with van der Waals surface area (Å²) in [6.07, 6.45) is -2.92. The van der Waals surface area contributed by atoms with Crippen molar-refractivity contribution >= 4 is 22.6 Å². The standard InChI is InChI=1S/C18H14ClF3N2O2/c19-16-12(2-1-3-13(16)18(20,21)22)11-4-5-15-14(6-11)23-10-24(15)7-17(25)8-26-9-17/h1-6,10,25H,7-9H2. The van der Waals surface area contributed by atoms with Gasteiger partial charge in [0.25, 0.3) is 0 Å². The van der Waals surface area contributed by atoms with Crippen LogP contribution in [0.15, 0.2) is 42.7 Å². The molecular formula is C18H14ClF3N2O2. The molecule has 26 heavy (non-hydrogen) atoms. The highest BCUT2D eigenvalue weighted by molar-refractivity contribution is 6.34. The summed E-state index contributed by atoms with van der Waals surface area (Å²) in [6, 6.07) is 8.98. The van der Waals surface area contributed by atoms with Crippen LogP contribution < -0.4 is 0 Å². The molecule has 4 nitrogen and oxygen atoms in total. The van der Waals surface area contributed by atoms with Gasteiger partial charge in [0.1, 0.15) is 5.60 Å². The van der Waals surface area contributed by atoms with Crippen molar-refractivity contribution in [3.63, 3.8) is 0 Å². The fourth-order valence-electron chi connectivity index (χ4n) is 3.08. The highest BCUT2D eigenvalue weighted by atomic mass is 35.5. The largest absolute Gasteiger partial charge is 0.417 e. The number of ether oxygens (including phenoxy) is 1. The van der Waals surface area contributed by atoms with E-state index >= 15 is 0 Å². The molecule has 2 aromatic carbocycles. The molecule has 0 bridgehead atoms. The second-order valence-corrected chi connectivity index (χ2v) is 6.84. The second kappa shape index (κ2) is 5.97. The Hall–Kier alpha value is -2.09. The number of alkyl halides is 3. The lowest BCUT2D eigenvalue weighted by Crippen LogP contribution is -2.52. The van der Waals surface area contributed by atoms with Crippen LogP contribution >= 0.6 is 11.6 Å². The highest BCUT2D eigenvalue weighted by Gasteiger charge is 2.37. The number of hydrogen-bond donors (Lipinski definition) is 1. The average Bonchev–Trinajstić information content (AvgIpc) is 2.94. The Morgan fingerprint density at radius 3 is 2.65 bits per heavy atom. The Kier molecular flexibility index (Phi) is 3.98. The third kappa shape index (κ3) is 2.96. The van der Waals surface area contributed by atoms with Gasteiger partial charge in [-0.15, -0.1) is 0 Å². The predicted molar refractivity (Wildman–Crippen MR) is 90.9 cm³/mol. The molecular weight excluding hydrogens is 369 g/mol. The number of imidazole rings is 1. The zero-order valence-electron chi connectivity index (χ0n) is 13.4. The van der Waals surface area contributed by atoms with Gasteiger partial charge in [0, 0.05) is 5.56 Å². The zero-order valence-corrected chi connectivity index (χ0v) is 14.2. The Morgan fingerprint density at radius 2 is 2.00 bits per heavy atom. The Bertz CT molecular complexity index is 980. The summed E-state index contributed by atoms with van der Waals surface area (Å²) in [5.74, 6) is 0. The van der Waals surface area contributed by atoms with Gasteiger partial charge in [0.2, 0.25) is 0 Å². The van der Waals surface area contributed by atoms with Crippen molar-refractivity contribution in [2.24, 2.45) is 0 Å². The molecule has 8 heteroatoms. The number of fused-ring (bicyclic) bond motifs is 1. The SMILES string of the molecule is OC1(Cn2cnc3cc(-c4cccc(C(F)(F)F)c4Cl)ccc32)COC1. The lowest BCUT2D eigenvalue weighted by atomic mass is 10.0. The molecule has 1 aliphatic rings. The molecule has 0 aliphatic carbocycles. The molecule has 136 valence electrons. The number of nitrogens with zero attached hydrogens (tertiary/aromatic N) is 2. The molecule has 0 unspecified atom stereocenters. The maximum Gasteiger partial charge on any atom is 0.417 e. The minimum Gasteiger partial charge on any atom is -0.383 e. The Labute approximate surface area is 151 Å². The fourth-order valence-corrected chi connectivity index (χ4v) is 3.42. The third-order valence-corrected chi connectivity index (χ3v) is 4.85. The minimum absolute atomic E-state index is 0.268. The van der Waals surface area contributed by atoms with Crippen LogP contribution in [-0.2, 0) is 17.5 Å². The normalized spacial score (nSPS) is 16.7. The molecule has 1 saturated heterocycles. The molecule has 1 fully saturated rings. The van der Waals surface area contributed by atoms with Crippen LogP contribution in [0, 0.1) is 0 Å². The molecule has 0 atom stereocenters. The quantitative estimate of drug-likeness (QED) is 0.740. The van der Waals surface area contributed by atoms with Crippen molar-refractivity contribution in [1.82, 2.24) is 9.55 Å². The summed E-state index contributed by atoms with van der Waals surface area (Å²) in [7, 11) is 0. The molecule has 3 aromatic rings. The van der Waals surface area contributed by atoms with Crippen LogP contribution in [0.25, 0.3) is 22.2 Å². The number of hydrogen-bond acceptors (Lipinski definition) is 3. The van der Waals surface area contributed by atoms with E-state index in [1.54, 1.807) is 35.2 Å². The van der Waals surface area contributed by atoms with E-state index in [1.807, 2.05) is 0 Å². The van der Waals surface area contributed by atoms with Crippen molar-refractivity contribution in [3.8, 4) is 11.1 Å². The monoisotopic (exact) mass is 382 g/mol. The summed E-state index contributed by atoms with van der Waals surface area (Å²) >= 11 is 6.01. The van der Waals surface area contributed by atoms with E-state index in [0.29, 0.717) is 23.2 Å². The van der Waals surface area contributed by atoms with Gasteiger partial charge < -0.3 is 14.4 Å². The molecule has 1 aliphatic heterocycles. The van der Waals surface area contributed by atoms with Gasteiger partial charge in [0.05, 0.1) is 47.7 Å². The molecule has 0 saturated carbocycles. The van der Waals surface area contributed by atoms with E-state index in [2.05, 4.69) is 4.98 Å². The molecule has 0 radical (unpaired) electrons. The van der Waals surface area contributed by atoms with E-state index in [1.165, 1.54) is 6.07 Å². The lowest BCUT2D eigenvalue weighted by Gasteiger charge is -2.36. The van der Waals surface area contributed by atoms with Crippen molar-refractivity contribution < 1.29 is 23.0 Å². The first-order chi connectivity index (χ1) is 12.3. The predicted octanol–water partition coefficient (Wildman–Crippen LogP) is 4.14. The first-order valence-corrected chi connectivity index (χ1v) is 8.26. The van der Waals surface area contributed by atoms with E-state index in [0.717, 1.165) is 11.6 Å². The lowest BCUT2D eigenvalue weighted by molar-refractivity contribution is -0.184. The van der Waals surface area contributed by atoms with E-state index < -0.39 is 17.3 Å². The van der Waals surface area contributed by atoms with Crippen LogP contribution in [-0.4, -0.2) is 33.5 Å². The Balaban J connectivity index is 1.73. The minimum atomic E-state index is -4.51. The third-order valence-electron chi connectivity index (χ3n) is 4.44. The molecule has 4 rings (SSSR count). The van der Waals surface area contributed by atoms with E-state index in [9.17, 15) is 18.3 Å².